The van der Waals surface area contributed by atoms with Crippen LogP contribution in [0.3, 0.4) is 0 Å². The first-order valence-corrected chi connectivity index (χ1v) is 8.55. The van der Waals surface area contributed by atoms with Gasteiger partial charge in [0.2, 0.25) is 0 Å². The molecule has 1 aliphatic heterocycles. The number of rotatable bonds is 5. The fourth-order valence-electron chi connectivity index (χ4n) is 2.93. The number of benzene rings is 2. The van der Waals surface area contributed by atoms with E-state index in [1.807, 2.05) is 0 Å². The Bertz CT molecular complexity index is 986. The van der Waals surface area contributed by atoms with Crippen molar-refractivity contribution in [2.45, 2.75) is 12.9 Å². The van der Waals surface area contributed by atoms with Gasteiger partial charge in [0.1, 0.15) is 5.75 Å². The molecule has 0 bridgehead atoms. The highest BCUT2D eigenvalue weighted by atomic mass is 19.4. The van der Waals surface area contributed by atoms with Gasteiger partial charge >= 0.3 is 6.36 Å². The summed E-state index contributed by atoms with van der Waals surface area (Å²) < 4.78 is 42.0. The maximum atomic E-state index is 12.6. The standard InChI is InChI=1S/C20H17F3N2O4/c1-25-11-15(17(26)19(25)28)18(27)24-10-12-5-4-6-13(9-12)14-7-2-3-8-16(14)29-20(21,22)23/h2-9,26H,10-11H2,1H3,(H,24,27). The van der Waals surface area contributed by atoms with Crippen LogP contribution in [0.4, 0.5) is 13.2 Å². The van der Waals surface area contributed by atoms with Gasteiger partial charge in [0.25, 0.3) is 11.8 Å². The van der Waals surface area contributed by atoms with Crippen LogP contribution in [0.25, 0.3) is 11.1 Å². The van der Waals surface area contributed by atoms with Crippen LogP contribution in [0.1, 0.15) is 5.56 Å². The Labute approximate surface area is 164 Å². The molecule has 0 aliphatic carbocycles. The van der Waals surface area contributed by atoms with E-state index in [-0.39, 0.29) is 30.0 Å². The third-order valence-corrected chi connectivity index (χ3v) is 4.31. The van der Waals surface area contributed by atoms with E-state index in [9.17, 15) is 27.9 Å². The Morgan fingerprint density at radius 2 is 1.93 bits per heavy atom. The van der Waals surface area contributed by atoms with E-state index in [4.69, 9.17) is 0 Å². The number of aliphatic hydroxyl groups excluding tert-OH is 1. The fourth-order valence-corrected chi connectivity index (χ4v) is 2.93. The molecule has 0 radical (unpaired) electrons. The van der Waals surface area contributed by atoms with Crippen molar-refractivity contribution in [1.82, 2.24) is 10.2 Å². The molecule has 0 fully saturated rings. The van der Waals surface area contributed by atoms with Crippen LogP contribution in [-0.4, -0.2) is 41.8 Å². The van der Waals surface area contributed by atoms with E-state index in [1.165, 1.54) is 30.1 Å². The van der Waals surface area contributed by atoms with Crippen molar-refractivity contribution in [3.05, 3.63) is 65.4 Å². The van der Waals surface area contributed by atoms with Crippen LogP contribution in [0.15, 0.2) is 59.9 Å². The molecule has 0 aromatic heterocycles. The predicted octanol–water partition coefficient (Wildman–Crippen LogP) is 3.15. The average molecular weight is 406 g/mol. The largest absolute Gasteiger partial charge is 0.573 e. The van der Waals surface area contributed by atoms with Crippen LogP contribution in [0, 0.1) is 0 Å². The van der Waals surface area contributed by atoms with Crippen LogP contribution in [0.5, 0.6) is 5.75 Å². The number of ether oxygens (including phenoxy) is 1. The van der Waals surface area contributed by atoms with Gasteiger partial charge in [-0.1, -0.05) is 36.4 Å². The van der Waals surface area contributed by atoms with Gasteiger partial charge in [0.05, 0.1) is 12.1 Å². The molecule has 1 heterocycles. The topological polar surface area (TPSA) is 78.9 Å². The molecule has 9 heteroatoms. The normalized spacial score (nSPS) is 14.3. The number of nitrogens with zero attached hydrogens (tertiary/aromatic N) is 1. The molecule has 2 aromatic carbocycles. The summed E-state index contributed by atoms with van der Waals surface area (Å²) in [5.74, 6) is -2.13. The van der Waals surface area contributed by atoms with Crippen LogP contribution in [0.2, 0.25) is 0 Å². The first-order chi connectivity index (χ1) is 13.7. The van der Waals surface area contributed by atoms with E-state index >= 15 is 0 Å². The number of hydrogen-bond acceptors (Lipinski definition) is 4. The second-order valence-electron chi connectivity index (χ2n) is 6.42. The quantitative estimate of drug-likeness (QED) is 0.800. The van der Waals surface area contributed by atoms with Crippen molar-refractivity contribution in [2.75, 3.05) is 13.6 Å². The Balaban J connectivity index is 1.76. The van der Waals surface area contributed by atoms with Gasteiger partial charge in [-0.25, -0.2) is 0 Å². The summed E-state index contributed by atoms with van der Waals surface area (Å²) in [5, 5.41) is 12.3. The van der Waals surface area contributed by atoms with E-state index in [2.05, 4.69) is 10.1 Å². The minimum Gasteiger partial charge on any atom is -0.503 e. The summed E-state index contributed by atoms with van der Waals surface area (Å²) in [6, 6.07) is 12.3. The summed E-state index contributed by atoms with van der Waals surface area (Å²) >= 11 is 0. The highest BCUT2D eigenvalue weighted by Crippen LogP contribution is 2.34. The van der Waals surface area contributed by atoms with Crippen LogP contribution < -0.4 is 10.1 Å². The van der Waals surface area contributed by atoms with Gasteiger partial charge in [-0.3, -0.25) is 9.59 Å². The van der Waals surface area contributed by atoms with E-state index < -0.39 is 23.9 Å². The first kappa shape index (κ1) is 20.2. The number of likely N-dealkylation sites (N-methyl/N-ethyl adjacent to an activating group) is 1. The Morgan fingerprint density at radius 1 is 1.21 bits per heavy atom. The number of carbonyl (C=O) groups excluding carboxylic acids is 2. The molecule has 0 spiro atoms. The second kappa shape index (κ2) is 7.86. The van der Waals surface area contributed by atoms with Crippen LogP contribution in [-0.2, 0) is 16.1 Å². The van der Waals surface area contributed by atoms with Crippen molar-refractivity contribution in [3.8, 4) is 16.9 Å². The van der Waals surface area contributed by atoms with Crippen molar-refractivity contribution >= 4 is 11.8 Å². The molecule has 29 heavy (non-hydrogen) atoms. The fraction of sp³-hybridized carbons (Fsp3) is 0.200. The zero-order chi connectivity index (χ0) is 21.2. The molecule has 6 nitrogen and oxygen atoms in total. The van der Waals surface area contributed by atoms with Crippen molar-refractivity contribution in [3.63, 3.8) is 0 Å². The maximum absolute atomic E-state index is 12.6. The smallest absolute Gasteiger partial charge is 0.503 e. The Morgan fingerprint density at radius 3 is 2.59 bits per heavy atom. The zero-order valence-electron chi connectivity index (χ0n) is 15.3. The average Bonchev–Trinajstić information content (AvgIpc) is 2.93. The molecule has 2 aromatic rings. The number of nitrogens with one attached hydrogen (secondary N) is 1. The molecule has 3 rings (SSSR count). The SMILES string of the molecule is CN1CC(C(=O)NCc2cccc(-c3ccccc3OC(F)(F)F)c2)=C(O)C1=O. The Hall–Kier alpha value is -3.49. The molecule has 0 unspecified atom stereocenters. The molecular formula is C20H17F3N2O4. The highest BCUT2D eigenvalue weighted by molar-refractivity contribution is 6.06. The monoisotopic (exact) mass is 406 g/mol. The lowest BCUT2D eigenvalue weighted by molar-refractivity contribution is -0.274. The minimum absolute atomic E-state index is 0.00129. The highest BCUT2D eigenvalue weighted by Gasteiger charge is 2.32. The molecule has 152 valence electrons. The molecule has 0 saturated heterocycles. The van der Waals surface area contributed by atoms with E-state index in [0.29, 0.717) is 11.1 Å². The summed E-state index contributed by atoms with van der Waals surface area (Å²) in [4.78, 5) is 25.0. The van der Waals surface area contributed by atoms with E-state index in [0.717, 1.165) is 0 Å². The molecule has 1 aliphatic rings. The lowest BCUT2D eigenvalue weighted by Crippen LogP contribution is -2.27. The summed E-state index contributed by atoms with van der Waals surface area (Å²) in [6.45, 7) is 0.0579. The number of hydrogen-bond donors (Lipinski definition) is 2. The molecule has 0 saturated carbocycles. The predicted molar refractivity (Wildman–Crippen MR) is 97.7 cm³/mol. The van der Waals surface area contributed by atoms with Crippen molar-refractivity contribution in [1.29, 1.82) is 0 Å². The minimum atomic E-state index is -4.82. The third-order valence-electron chi connectivity index (χ3n) is 4.31. The van der Waals surface area contributed by atoms with Gasteiger partial charge in [-0.2, -0.15) is 0 Å². The number of amides is 2. The lowest BCUT2D eigenvalue weighted by atomic mass is 10.0. The zero-order valence-corrected chi connectivity index (χ0v) is 15.3. The molecular weight excluding hydrogens is 389 g/mol. The first-order valence-electron chi connectivity index (χ1n) is 8.55. The van der Waals surface area contributed by atoms with Gasteiger partial charge in [0.15, 0.2) is 5.76 Å². The van der Waals surface area contributed by atoms with Gasteiger partial charge < -0.3 is 20.1 Å². The second-order valence-corrected chi connectivity index (χ2v) is 6.42. The summed E-state index contributed by atoms with van der Waals surface area (Å²) in [5.41, 5.74) is 1.32. The van der Waals surface area contributed by atoms with Crippen molar-refractivity contribution in [2.24, 2.45) is 0 Å². The third kappa shape index (κ3) is 4.68. The number of carbonyl (C=O) groups is 2. The number of alkyl halides is 3. The maximum Gasteiger partial charge on any atom is 0.573 e. The van der Waals surface area contributed by atoms with Gasteiger partial charge in [0, 0.05) is 19.2 Å². The number of para-hydroxylation sites is 1. The molecule has 2 amide bonds. The molecule has 2 N–H and O–H groups in total. The number of aliphatic hydroxyl groups is 1. The van der Waals surface area contributed by atoms with Crippen molar-refractivity contribution < 1.29 is 32.6 Å². The van der Waals surface area contributed by atoms with Crippen LogP contribution >= 0.6 is 0 Å². The molecule has 0 atom stereocenters. The van der Waals surface area contributed by atoms with Gasteiger partial charge in [-0.05, 0) is 23.3 Å². The van der Waals surface area contributed by atoms with E-state index in [1.54, 1.807) is 30.3 Å². The Kier molecular flexibility index (Phi) is 5.49. The lowest BCUT2D eigenvalue weighted by Gasteiger charge is -2.14. The summed E-state index contributed by atoms with van der Waals surface area (Å²) in [7, 11) is 1.46. The van der Waals surface area contributed by atoms with Gasteiger partial charge in [-0.15, -0.1) is 13.2 Å². The number of halogens is 3. The summed E-state index contributed by atoms with van der Waals surface area (Å²) in [6.07, 6.45) is -4.82.